The third kappa shape index (κ3) is 3.71. The Kier molecular flexibility index (Phi) is 5.73. The Balaban J connectivity index is 1.77. The number of rotatable bonds is 4. The SMILES string of the molecule is COc1ccc(C(=O)N2CSCC2C(=O)N2CCCCC2)cc1OC. The van der Waals surface area contributed by atoms with Gasteiger partial charge in [0.15, 0.2) is 11.5 Å². The molecular weight excluding hydrogens is 340 g/mol. The Bertz CT molecular complexity index is 646. The van der Waals surface area contributed by atoms with Gasteiger partial charge >= 0.3 is 0 Å². The summed E-state index contributed by atoms with van der Waals surface area (Å²) in [6, 6.07) is 4.74. The standard InChI is InChI=1S/C18H24N2O4S/c1-23-15-7-6-13(10-16(15)24-2)17(21)20-12-25-11-14(20)18(22)19-8-4-3-5-9-19/h6-7,10,14H,3-5,8-9,11-12H2,1-2H3. The zero-order chi connectivity index (χ0) is 17.8. The van der Waals surface area contributed by atoms with Crippen LogP contribution in [0.2, 0.25) is 0 Å². The lowest BCUT2D eigenvalue weighted by molar-refractivity contribution is -0.135. The van der Waals surface area contributed by atoms with E-state index in [2.05, 4.69) is 0 Å². The lowest BCUT2D eigenvalue weighted by Crippen LogP contribution is -2.50. The average Bonchev–Trinajstić information content (AvgIpc) is 3.16. The van der Waals surface area contributed by atoms with Crippen LogP contribution < -0.4 is 9.47 Å². The van der Waals surface area contributed by atoms with E-state index in [9.17, 15) is 9.59 Å². The van der Waals surface area contributed by atoms with Gasteiger partial charge in [-0.15, -0.1) is 11.8 Å². The van der Waals surface area contributed by atoms with Crippen molar-refractivity contribution in [2.45, 2.75) is 25.3 Å². The van der Waals surface area contributed by atoms with Crippen molar-refractivity contribution in [2.75, 3.05) is 38.9 Å². The van der Waals surface area contributed by atoms with Crippen molar-refractivity contribution in [3.63, 3.8) is 0 Å². The average molecular weight is 364 g/mol. The van der Waals surface area contributed by atoms with E-state index >= 15 is 0 Å². The summed E-state index contributed by atoms with van der Waals surface area (Å²) in [4.78, 5) is 29.4. The molecule has 136 valence electrons. The monoisotopic (exact) mass is 364 g/mol. The molecule has 2 aliphatic heterocycles. The van der Waals surface area contributed by atoms with Gasteiger partial charge in [-0.2, -0.15) is 0 Å². The van der Waals surface area contributed by atoms with Gasteiger partial charge in [-0.1, -0.05) is 0 Å². The second-order valence-electron chi connectivity index (χ2n) is 6.25. The number of amides is 2. The van der Waals surface area contributed by atoms with Gasteiger partial charge < -0.3 is 19.3 Å². The smallest absolute Gasteiger partial charge is 0.255 e. The van der Waals surface area contributed by atoms with E-state index < -0.39 is 0 Å². The molecule has 2 fully saturated rings. The topological polar surface area (TPSA) is 59.1 Å². The van der Waals surface area contributed by atoms with Gasteiger partial charge in [0.1, 0.15) is 6.04 Å². The third-order valence-electron chi connectivity index (χ3n) is 4.73. The van der Waals surface area contributed by atoms with Crippen molar-refractivity contribution in [3.8, 4) is 11.5 Å². The summed E-state index contributed by atoms with van der Waals surface area (Å²) in [6.45, 7) is 1.61. The fourth-order valence-electron chi connectivity index (χ4n) is 3.31. The van der Waals surface area contributed by atoms with Crippen LogP contribution in [0.3, 0.4) is 0 Å². The first-order chi connectivity index (χ1) is 12.2. The Labute approximate surface area is 152 Å². The molecule has 0 radical (unpaired) electrons. The molecule has 1 unspecified atom stereocenters. The third-order valence-corrected chi connectivity index (χ3v) is 5.74. The van der Waals surface area contributed by atoms with E-state index in [0.29, 0.717) is 28.7 Å². The Hall–Kier alpha value is -1.89. The van der Waals surface area contributed by atoms with E-state index in [1.807, 2.05) is 4.90 Å². The molecule has 0 aromatic heterocycles. The van der Waals surface area contributed by atoms with Crippen LogP contribution in [0.4, 0.5) is 0 Å². The molecule has 2 saturated heterocycles. The van der Waals surface area contributed by atoms with Gasteiger partial charge in [-0.3, -0.25) is 9.59 Å². The van der Waals surface area contributed by atoms with Crippen molar-refractivity contribution >= 4 is 23.6 Å². The number of likely N-dealkylation sites (tertiary alicyclic amines) is 1. The van der Waals surface area contributed by atoms with E-state index in [1.54, 1.807) is 49.1 Å². The van der Waals surface area contributed by atoms with Crippen molar-refractivity contribution in [1.29, 1.82) is 0 Å². The van der Waals surface area contributed by atoms with E-state index in [1.165, 1.54) is 6.42 Å². The normalized spacial score (nSPS) is 20.5. The van der Waals surface area contributed by atoms with Crippen LogP contribution in [-0.4, -0.2) is 66.6 Å². The van der Waals surface area contributed by atoms with Crippen LogP contribution in [0.15, 0.2) is 18.2 Å². The van der Waals surface area contributed by atoms with Crippen LogP contribution in [-0.2, 0) is 4.79 Å². The van der Waals surface area contributed by atoms with E-state index in [4.69, 9.17) is 9.47 Å². The number of nitrogens with zero attached hydrogens (tertiary/aromatic N) is 2. The van der Waals surface area contributed by atoms with Gasteiger partial charge in [-0.05, 0) is 37.5 Å². The molecule has 6 nitrogen and oxygen atoms in total. The number of piperidine rings is 1. The number of hydrogen-bond donors (Lipinski definition) is 0. The summed E-state index contributed by atoms with van der Waals surface area (Å²) in [5.41, 5.74) is 0.511. The van der Waals surface area contributed by atoms with Gasteiger partial charge in [0.25, 0.3) is 5.91 Å². The predicted octanol–water partition coefficient (Wildman–Crippen LogP) is 2.23. The zero-order valence-corrected chi connectivity index (χ0v) is 15.5. The number of carbonyl (C=O) groups excluding carboxylic acids is 2. The molecule has 0 N–H and O–H groups in total. The lowest BCUT2D eigenvalue weighted by Gasteiger charge is -2.32. The highest BCUT2D eigenvalue weighted by molar-refractivity contribution is 7.99. The Morgan fingerprint density at radius 1 is 1.08 bits per heavy atom. The van der Waals surface area contributed by atoms with E-state index in [0.717, 1.165) is 25.9 Å². The van der Waals surface area contributed by atoms with Crippen LogP contribution >= 0.6 is 11.8 Å². The molecule has 0 spiro atoms. The first-order valence-electron chi connectivity index (χ1n) is 8.55. The molecule has 7 heteroatoms. The number of hydrogen-bond acceptors (Lipinski definition) is 5. The zero-order valence-electron chi connectivity index (χ0n) is 14.7. The van der Waals surface area contributed by atoms with Gasteiger partial charge in [-0.25, -0.2) is 0 Å². The quantitative estimate of drug-likeness (QED) is 0.820. The van der Waals surface area contributed by atoms with Crippen LogP contribution in [0.1, 0.15) is 29.6 Å². The van der Waals surface area contributed by atoms with Gasteiger partial charge in [0.2, 0.25) is 5.91 Å². The minimum atomic E-state index is -0.372. The van der Waals surface area contributed by atoms with E-state index in [-0.39, 0.29) is 17.9 Å². The maximum absolute atomic E-state index is 13.0. The molecule has 0 bridgehead atoms. The van der Waals surface area contributed by atoms with Crippen molar-refractivity contribution in [1.82, 2.24) is 9.80 Å². The molecule has 0 saturated carbocycles. The minimum absolute atomic E-state index is 0.0820. The molecule has 2 heterocycles. The molecule has 1 atom stereocenters. The van der Waals surface area contributed by atoms with Crippen molar-refractivity contribution < 1.29 is 19.1 Å². The number of carbonyl (C=O) groups is 2. The highest BCUT2D eigenvalue weighted by Crippen LogP contribution is 2.30. The fraction of sp³-hybridized carbons (Fsp3) is 0.556. The maximum Gasteiger partial charge on any atom is 0.255 e. The molecular formula is C18H24N2O4S. The fourth-order valence-corrected chi connectivity index (χ4v) is 4.45. The Morgan fingerprint density at radius 3 is 2.48 bits per heavy atom. The van der Waals surface area contributed by atoms with Gasteiger partial charge in [0, 0.05) is 24.4 Å². The summed E-state index contributed by atoms with van der Waals surface area (Å²) in [6.07, 6.45) is 3.28. The lowest BCUT2D eigenvalue weighted by atomic mass is 10.1. The number of thioether (sulfide) groups is 1. The minimum Gasteiger partial charge on any atom is -0.493 e. The van der Waals surface area contributed by atoms with Crippen molar-refractivity contribution in [3.05, 3.63) is 23.8 Å². The summed E-state index contributed by atoms with van der Waals surface area (Å²) in [5, 5.41) is 0. The Morgan fingerprint density at radius 2 is 1.80 bits per heavy atom. The first kappa shape index (κ1) is 17.9. The second-order valence-corrected chi connectivity index (χ2v) is 7.25. The largest absolute Gasteiger partial charge is 0.493 e. The molecule has 25 heavy (non-hydrogen) atoms. The number of methoxy groups -OCH3 is 2. The number of ether oxygens (including phenoxy) is 2. The maximum atomic E-state index is 13.0. The summed E-state index contributed by atoms with van der Waals surface area (Å²) >= 11 is 1.62. The second kappa shape index (κ2) is 7.99. The number of benzene rings is 1. The summed E-state index contributed by atoms with van der Waals surface area (Å²) in [5.74, 6) is 2.24. The summed E-state index contributed by atoms with van der Waals surface area (Å²) < 4.78 is 10.5. The molecule has 3 rings (SSSR count). The van der Waals surface area contributed by atoms with Crippen LogP contribution in [0.5, 0.6) is 11.5 Å². The predicted molar refractivity (Wildman–Crippen MR) is 97.3 cm³/mol. The van der Waals surface area contributed by atoms with Crippen molar-refractivity contribution in [2.24, 2.45) is 0 Å². The summed E-state index contributed by atoms with van der Waals surface area (Å²) in [7, 11) is 3.10. The van der Waals surface area contributed by atoms with Gasteiger partial charge in [0.05, 0.1) is 20.1 Å². The molecule has 1 aromatic carbocycles. The first-order valence-corrected chi connectivity index (χ1v) is 9.70. The molecule has 0 aliphatic carbocycles. The van der Waals surface area contributed by atoms with Crippen LogP contribution in [0.25, 0.3) is 0 Å². The van der Waals surface area contributed by atoms with Crippen LogP contribution in [0, 0.1) is 0 Å². The highest BCUT2D eigenvalue weighted by Gasteiger charge is 2.37. The molecule has 2 amide bonds. The highest BCUT2D eigenvalue weighted by atomic mass is 32.2. The molecule has 2 aliphatic rings. The molecule has 1 aromatic rings.